The minimum Gasteiger partial charge on any atom is -0.394 e. The molecule has 1 rings (SSSR count). The highest BCUT2D eigenvalue weighted by atomic mass is 19.4. The molecule has 0 aliphatic carbocycles. The van der Waals surface area contributed by atoms with Crippen LogP contribution in [-0.4, -0.2) is 55.0 Å². The van der Waals surface area contributed by atoms with Crippen LogP contribution in [0.15, 0.2) is 0 Å². The van der Waals surface area contributed by atoms with E-state index in [-0.39, 0.29) is 19.6 Å². The average Bonchev–Trinajstić information content (AvgIpc) is 2.35. The lowest BCUT2D eigenvalue weighted by molar-refractivity contribution is -0.186. The summed E-state index contributed by atoms with van der Waals surface area (Å²) in [5, 5.41) is 12.2. The molecule has 1 aliphatic rings. The Labute approximate surface area is 106 Å². The van der Waals surface area contributed by atoms with Crippen LogP contribution in [0.25, 0.3) is 0 Å². The monoisotopic (exact) mass is 268 g/mol. The number of likely N-dealkylation sites (N-methyl/N-ethyl adjacent to an activating group) is 1. The van der Waals surface area contributed by atoms with E-state index in [4.69, 9.17) is 0 Å². The van der Waals surface area contributed by atoms with Gasteiger partial charge in [0.1, 0.15) is 0 Å². The van der Waals surface area contributed by atoms with Gasteiger partial charge in [-0.2, -0.15) is 13.2 Å². The van der Waals surface area contributed by atoms with E-state index in [1.807, 2.05) is 11.8 Å². The molecule has 0 saturated carbocycles. The maximum Gasteiger partial charge on any atom is 0.393 e. The van der Waals surface area contributed by atoms with Gasteiger partial charge < -0.3 is 15.3 Å². The van der Waals surface area contributed by atoms with Crippen LogP contribution in [0.3, 0.4) is 0 Å². The van der Waals surface area contributed by atoms with Crippen LogP contribution in [0.2, 0.25) is 0 Å². The second kappa shape index (κ2) is 6.21. The van der Waals surface area contributed by atoms with Gasteiger partial charge in [-0.15, -0.1) is 0 Å². The minimum atomic E-state index is -4.08. The van der Waals surface area contributed by atoms with Crippen molar-refractivity contribution in [2.24, 2.45) is 5.92 Å². The van der Waals surface area contributed by atoms with E-state index < -0.39 is 17.6 Å². The predicted octanol–water partition coefficient (Wildman–Crippen LogP) is 1.62. The van der Waals surface area contributed by atoms with Crippen molar-refractivity contribution in [2.75, 3.05) is 33.3 Å². The molecule has 0 spiro atoms. The topological polar surface area (TPSA) is 35.5 Å². The molecule has 2 N–H and O–H groups in total. The van der Waals surface area contributed by atoms with Crippen molar-refractivity contribution < 1.29 is 18.3 Å². The summed E-state index contributed by atoms with van der Waals surface area (Å²) in [5.41, 5.74) is -0.412. The SMILES string of the molecule is CNC(C)(CO)CCN1CCCC(C(F)(F)F)C1. The second-order valence-corrected chi connectivity index (χ2v) is 5.40. The number of hydrogen-bond donors (Lipinski definition) is 2. The van der Waals surface area contributed by atoms with E-state index in [2.05, 4.69) is 5.32 Å². The molecule has 18 heavy (non-hydrogen) atoms. The van der Waals surface area contributed by atoms with Crippen molar-refractivity contribution in [1.29, 1.82) is 0 Å². The van der Waals surface area contributed by atoms with Crippen molar-refractivity contribution in [3.63, 3.8) is 0 Å². The third kappa shape index (κ3) is 4.40. The van der Waals surface area contributed by atoms with Crippen molar-refractivity contribution in [3.05, 3.63) is 0 Å². The van der Waals surface area contributed by atoms with Crippen molar-refractivity contribution in [2.45, 2.75) is 37.9 Å². The molecule has 0 aromatic rings. The number of piperidine rings is 1. The molecule has 1 fully saturated rings. The van der Waals surface area contributed by atoms with Crippen LogP contribution < -0.4 is 5.32 Å². The van der Waals surface area contributed by atoms with E-state index in [0.717, 1.165) is 6.54 Å². The first-order valence-corrected chi connectivity index (χ1v) is 6.39. The molecule has 3 nitrogen and oxygen atoms in total. The normalized spacial score (nSPS) is 26.0. The first-order chi connectivity index (χ1) is 8.30. The molecule has 1 saturated heterocycles. The number of likely N-dealkylation sites (tertiary alicyclic amines) is 1. The van der Waals surface area contributed by atoms with E-state index in [0.29, 0.717) is 19.4 Å². The second-order valence-electron chi connectivity index (χ2n) is 5.40. The standard InChI is InChI=1S/C12H23F3N2O/c1-11(9-18,16-2)5-7-17-6-3-4-10(8-17)12(13,14)15/h10,16,18H,3-9H2,1-2H3. The lowest BCUT2D eigenvalue weighted by Gasteiger charge is -2.36. The number of halogens is 3. The molecular weight excluding hydrogens is 245 g/mol. The Bertz CT molecular complexity index is 254. The minimum absolute atomic E-state index is 0.0138. The van der Waals surface area contributed by atoms with Crippen LogP contribution in [0, 0.1) is 5.92 Å². The molecule has 1 heterocycles. The highest BCUT2D eigenvalue weighted by Gasteiger charge is 2.41. The smallest absolute Gasteiger partial charge is 0.393 e. The van der Waals surface area contributed by atoms with Crippen LogP contribution in [0.5, 0.6) is 0 Å². The average molecular weight is 268 g/mol. The molecule has 2 unspecified atom stereocenters. The first-order valence-electron chi connectivity index (χ1n) is 6.39. The fourth-order valence-corrected chi connectivity index (χ4v) is 2.21. The zero-order valence-electron chi connectivity index (χ0n) is 11.1. The highest BCUT2D eigenvalue weighted by molar-refractivity contribution is 4.84. The summed E-state index contributed by atoms with van der Waals surface area (Å²) >= 11 is 0. The van der Waals surface area contributed by atoms with E-state index >= 15 is 0 Å². The van der Waals surface area contributed by atoms with Crippen LogP contribution >= 0.6 is 0 Å². The molecular formula is C12H23F3N2O. The number of rotatable bonds is 5. The summed E-state index contributed by atoms with van der Waals surface area (Å²) in [4.78, 5) is 1.85. The molecule has 1 aliphatic heterocycles. The quantitative estimate of drug-likeness (QED) is 0.795. The number of nitrogens with zero attached hydrogens (tertiary/aromatic N) is 1. The summed E-state index contributed by atoms with van der Waals surface area (Å²) in [6.07, 6.45) is -2.60. The predicted molar refractivity (Wildman–Crippen MR) is 64.4 cm³/mol. The Hall–Kier alpha value is -0.330. The molecule has 108 valence electrons. The molecule has 2 atom stereocenters. The van der Waals surface area contributed by atoms with Crippen LogP contribution in [0.4, 0.5) is 13.2 Å². The first kappa shape index (κ1) is 15.7. The molecule has 0 amide bonds. The van der Waals surface area contributed by atoms with Crippen molar-refractivity contribution in [3.8, 4) is 0 Å². The molecule has 0 aromatic carbocycles. The summed E-state index contributed by atoms with van der Waals surface area (Å²) in [7, 11) is 1.75. The van der Waals surface area contributed by atoms with Gasteiger partial charge in [0, 0.05) is 12.1 Å². The Balaban J connectivity index is 2.44. The van der Waals surface area contributed by atoms with Gasteiger partial charge in [-0.3, -0.25) is 0 Å². The molecule has 0 aromatic heterocycles. The number of nitrogens with one attached hydrogen (secondary N) is 1. The Morgan fingerprint density at radius 1 is 1.39 bits per heavy atom. The highest BCUT2D eigenvalue weighted by Crippen LogP contribution is 2.33. The number of aliphatic hydroxyl groups is 1. The fourth-order valence-electron chi connectivity index (χ4n) is 2.21. The van der Waals surface area contributed by atoms with Gasteiger partial charge in [-0.25, -0.2) is 0 Å². The van der Waals surface area contributed by atoms with Gasteiger partial charge in [0.25, 0.3) is 0 Å². The Kier molecular flexibility index (Phi) is 5.43. The lowest BCUT2D eigenvalue weighted by Crippen LogP contribution is -2.48. The zero-order chi connectivity index (χ0) is 13.8. The third-order valence-corrected chi connectivity index (χ3v) is 3.90. The molecule has 0 radical (unpaired) electrons. The Morgan fingerprint density at radius 2 is 2.06 bits per heavy atom. The zero-order valence-corrected chi connectivity index (χ0v) is 11.1. The number of aliphatic hydroxyl groups excluding tert-OH is 1. The van der Waals surface area contributed by atoms with Crippen LogP contribution in [0.1, 0.15) is 26.2 Å². The van der Waals surface area contributed by atoms with Crippen LogP contribution in [-0.2, 0) is 0 Å². The summed E-state index contributed by atoms with van der Waals surface area (Å²) in [6, 6.07) is 0. The number of hydrogen-bond acceptors (Lipinski definition) is 3. The van der Waals surface area contributed by atoms with Gasteiger partial charge in [-0.1, -0.05) is 0 Å². The van der Waals surface area contributed by atoms with Gasteiger partial charge in [0.05, 0.1) is 12.5 Å². The van der Waals surface area contributed by atoms with E-state index in [1.54, 1.807) is 7.05 Å². The van der Waals surface area contributed by atoms with Gasteiger partial charge in [0.2, 0.25) is 0 Å². The lowest BCUT2D eigenvalue weighted by atomic mass is 9.95. The Morgan fingerprint density at radius 3 is 2.56 bits per heavy atom. The molecule has 6 heteroatoms. The summed E-state index contributed by atoms with van der Waals surface area (Å²) in [5.74, 6) is -1.19. The number of alkyl halides is 3. The maximum absolute atomic E-state index is 12.6. The van der Waals surface area contributed by atoms with Crippen molar-refractivity contribution in [1.82, 2.24) is 10.2 Å². The summed E-state index contributed by atoms with van der Waals surface area (Å²) < 4.78 is 37.9. The van der Waals surface area contributed by atoms with E-state index in [9.17, 15) is 18.3 Å². The largest absolute Gasteiger partial charge is 0.394 e. The van der Waals surface area contributed by atoms with Gasteiger partial charge in [-0.05, 0) is 46.3 Å². The van der Waals surface area contributed by atoms with Crippen molar-refractivity contribution >= 4 is 0 Å². The molecule has 0 bridgehead atoms. The van der Waals surface area contributed by atoms with Gasteiger partial charge in [0.15, 0.2) is 0 Å². The van der Waals surface area contributed by atoms with E-state index in [1.165, 1.54) is 0 Å². The maximum atomic E-state index is 12.6. The summed E-state index contributed by atoms with van der Waals surface area (Å²) in [6.45, 7) is 3.26. The third-order valence-electron chi connectivity index (χ3n) is 3.90. The van der Waals surface area contributed by atoms with Gasteiger partial charge >= 0.3 is 6.18 Å². The fraction of sp³-hybridized carbons (Fsp3) is 1.00.